The van der Waals surface area contributed by atoms with Gasteiger partial charge in [0.05, 0.1) is 12.8 Å². The maximum absolute atomic E-state index is 12.2. The van der Waals surface area contributed by atoms with E-state index in [1.165, 1.54) is 16.9 Å². The summed E-state index contributed by atoms with van der Waals surface area (Å²) >= 11 is 1.49. The predicted octanol–water partition coefficient (Wildman–Crippen LogP) is 3.10. The van der Waals surface area contributed by atoms with E-state index in [9.17, 15) is 4.79 Å². The van der Waals surface area contributed by atoms with Crippen LogP contribution >= 0.6 is 11.3 Å². The highest BCUT2D eigenvalue weighted by Gasteiger charge is 2.26. The van der Waals surface area contributed by atoms with Gasteiger partial charge in [0.2, 0.25) is 0 Å². The Labute approximate surface area is 144 Å². The predicted molar refractivity (Wildman–Crippen MR) is 94.7 cm³/mol. The van der Waals surface area contributed by atoms with Crippen molar-refractivity contribution in [2.24, 2.45) is 0 Å². The first kappa shape index (κ1) is 15.4. The summed E-state index contributed by atoms with van der Waals surface area (Å²) in [5, 5.41) is 1.89. The molecule has 1 saturated heterocycles. The van der Waals surface area contributed by atoms with Crippen molar-refractivity contribution >= 4 is 16.3 Å². The molecule has 1 atom stereocenters. The van der Waals surface area contributed by atoms with Crippen LogP contribution in [0.25, 0.3) is 4.96 Å². The number of benzene rings is 1. The lowest BCUT2D eigenvalue weighted by Crippen LogP contribution is -2.25. The monoisotopic (exact) mass is 341 g/mol. The Kier molecular flexibility index (Phi) is 4.08. The Bertz CT molecular complexity index is 901. The average Bonchev–Trinajstić information content (AvgIpc) is 3.24. The normalized spacial score (nSPS) is 18.3. The highest BCUT2D eigenvalue weighted by Crippen LogP contribution is 2.33. The minimum atomic E-state index is -0.00329. The van der Waals surface area contributed by atoms with Crippen LogP contribution in [-0.4, -0.2) is 27.9 Å². The lowest BCUT2D eigenvalue weighted by molar-refractivity contribution is 0.245. The summed E-state index contributed by atoms with van der Waals surface area (Å²) in [4.78, 5) is 20.0. The highest BCUT2D eigenvalue weighted by molar-refractivity contribution is 7.15. The van der Waals surface area contributed by atoms with Gasteiger partial charge >= 0.3 is 0 Å². The quantitative estimate of drug-likeness (QED) is 0.732. The van der Waals surface area contributed by atoms with E-state index in [1.807, 2.05) is 17.5 Å². The molecular weight excluding hydrogens is 322 g/mol. The molecule has 1 aliphatic rings. The number of hydrogen-bond donors (Lipinski definition) is 0. The zero-order valence-electron chi connectivity index (χ0n) is 13.5. The number of rotatable bonds is 4. The van der Waals surface area contributed by atoms with Crippen LogP contribution in [0.1, 0.15) is 30.1 Å². The third kappa shape index (κ3) is 2.83. The molecule has 6 heteroatoms. The fraction of sp³-hybridized carbons (Fsp3) is 0.333. The molecule has 0 unspecified atom stereocenters. The molecule has 4 rings (SSSR count). The molecule has 0 aliphatic carbocycles. The number of methoxy groups -OCH3 is 1. The van der Waals surface area contributed by atoms with E-state index in [1.54, 1.807) is 23.8 Å². The van der Waals surface area contributed by atoms with E-state index < -0.39 is 0 Å². The molecule has 1 aliphatic heterocycles. The first-order chi connectivity index (χ1) is 11.7. The number of aromatic nitrogens is 2. The summed E-state index contributed by atoms with van der Waals surface area (Å²) in [5.41, 5.74) is 2.14. The molecule has 0 N–H and O–H groups in total. The maximum Gasteiger partial charge on any atom is 0.258 e. The first-order valence-corrected chi connectivity index (χ1v) is 8.96. The van der Waals surface area contributed by atoms with Crippen molar-refractivity contribution in [3.8, 4) is 5.75 Å². The van der Waals surface area contributed by atoms with Crippen LogP contribution in [0.3, 0.4) is 0 Å². The van der Waals surface area contributed by atoms with Crippen molar-refractivity contribution in [3.63, 3.8) is 0 Å². The molecule has 2 aromatic heterocycles. The first-order valence-electron chi connectivity index (χ1n) is 8.08. The van der Waals surface area contributed by atoms with Crippen LogP contribution in [0.2, 0.25) is 0 Å². The van der Waals surface area contributed by atoms with Crippen LogP contribution in [0, 0.1) is 0 Å². The zero-order valence-corrected chi connectivity index (χ0v) is 14.3. The summed E-state index contributed by atoms with van der Waals surface area (Å²) in [5.74, 6) is 0.876. The Morgan fingerprint density at radius 2 is 2.17 bits per heavy atom. The second-order valence-electron chi connectivity index (χ2n) is 6.04. The number of thiazole rings is 1. The van der Waals surface area contributed by atoms with Gasteiger partial charge in [-0.2, -0.15) is 0 Å². The Morgan fingerprint density at radius 1 is 1.33 bits per heavy atom. The van der Waals surface area contributed by atoms with Gasteiger partial charge in [0.15, 0.2) is 4.96 Å². The molecule has 124 valence electrons. The summed E-state index contributed by atoms with van der Waals surface area (Å²) in [6.45, 7) is 1.74. The molecular formula is C18H19N3O2S. The Balaban J connectivity index is 1.58. The van der Waals surface area contributed by atoms with E-state index in [0.717, 1.165) is 35.8 Å². The van der Waals surface area contributed by atoms with Gasteiger partial charge in [0.1, 0.15) is 5.75 Å². The van der Waals surface area contributed by atoms with Gasteiger partial charge in [0, 0.05) is 30.2 Å². The minimum absolute atomic E-state index is 0.00329. The zero-order chi connectivity index (χ0) is 16.5. The Morgan fingerprint density at radius 3 is 2.96 bits per heavy atom. The molecule has 0 spiro atoms. The summed E-state index contributed by atoms with van der Waals surface area (Å²) in [6, 6.07) is 10.3. The molecule has 0 radical (unpaired) electrons. The molecule has 0 amide bonds. The molecule has 5 nitrogen and oxygen atoms in total. The number of ether oxygens (including phenoxy) is 1. The van der Waals surface area contributed by atoms with Gasteiger partial charge < -0.3 is 4.74 Å². The second kappa shape index (κ2) is 6.37. The minimum Gasteiger partial charge on any atom is -0.497 e. The second-order valence-corrected chi connectivity index (χ2v) is 6.92. The van der Waals surface area contributed by atoms with Crippen LogP contribution in [0.5, 0.6) is 5.75 Å². The summed E-state index contributed by atoms with van der Waals surface area (Å²) < 4.78 is 6.84. The number of likely N-dealkylation sites (tertiary alicyclic amines) is 1. The SMILES string of the molecule is COc1ccc([C@H]2CCCN2Cc2cc(=O)n3ccsc3n2)cc1. The number of fused-ring (bicyclic) bond motifs is 1. The molecule has 3 aromatic rings. The molecule has 3 heterocycles. The van der Waals surface area contributed by atoms with Gasteiger partial charge in [-0.25, -0.2) is 4.98 Å². The molecule has 1 aromatic carbocycles. The summed E-state index contributed by atoms with van der Waals surface area (Å²) in [7, 11) is 1.68. The largest absolute Gasteiger partial charge is 0.497 e. The maximum atomic E-state index is 12.2. The lowest BCUT2D eigenvalue weighted by atomic mass is 10.0. The van der Waals surface area contributed by atoms with Crippen molar-refractivity contribution in [2.75, 3.05) is 13.7 Å². The number of nitrogens with zero attached hydrogens (tertiary/aromatic N) is 3. The van der Waals surface area contributed by atoms with Crippen LogP contribution in [-0.2, 0) is 6.54 Å². The molecule has 0 saturated carbocycles. The van der Waals surface area contributed by atoms with Crippen molar-refractivity contribution < 1.29 is 4.74 Å². The topological polar surface area (TPSA) is 46.8 Å². The van der Waals surface area contributed by atoms with Crippen LogP contribution in [0.4, 0.5) is 0 Å². The van der Waals surface area contributed by atoms with Crippen molar-refractivity contribution in [1.29, 1.82) is 0 Å². The van der Waals surface area contributed by atoms with E-state index in [0.29, 0.717) is 12.6 Å². The highest BCUT2D eigenvalue weighted by atomic mass is 32.1. The van der Waals surface area contributed by atoms with E-state index in [4.69, 9.17) is 4.74 Å². The van der Waals surface area contributed by atoms with Gasteiger partial charge in [0.25, 0.3) is 5.56 Å². The van der Waals surface area contributed by atoms with E-state index >= 15 is 0 Å². The summed E-state index contributed by atoms with van der Waals surface area (Å²) in [6.07, 6.45) is 4.07. The third-order valence-electron chi connectivity index (χ3n) is 4.59. The lowest BCUT2D eigenvalue weighted by Gasteiger charge is -2.24. The van der Waals surface area contributed by atoms with Gasteiger partial charge in [-0.3, -0.25) is 14.1 Å². The molecule has 24 heavy (non-hydrogen) atoms. The fourth-order valence-corrected chi connectivity index (χ4v) is 4.13. The standard InChI is InChI=1S/C18H19N3O2S/c1-23-15-6-4-13(5-7-15)16-3-2-8-20(16)12-14-11-17(22)21-9-10-24-18(21)19-14/h4-7,9-11,16H,2-3,8,12H2,1H3/t16-/m1/s1. The van der Waals surface area contributed by atoms with Gasteiger partial charge in [-0.15, -0.1) is 11.3 Å². The van der Waals surface area contributed by atoms with Gasteiger partial charge in [-0.05, 0) is 37.1 Å². The molecule has 0 bridgehead atoms. The van der Waals surface area contributed by atoms with Crippen molar-refractivity contribution in [2.45, 2.75) is 25.4 Å². The number of hydrogen-bond acceptors (Lipinski definition) is 5. The fourth-order valence-electron chi connectivity index (χ4n) is 3.40. The van der Waals surface area contributed by atoms with Crippen LogP contribution < -0.4 is 10.3 Å². The Hall–Kier alpha value is -2.18. The van der Waals surface area contributed by atoms with Crippen molar-refractivity contribution in [3.05, 3.63) is 63.5 Å². The van der Waals surface area contributed by atoms with Crippen LogP contribution in [0.15, 0.2) is 46.7 Å². The smallest absolute Gasteiger partial charge is 0.258 e. The van der Waals surface area contributed by atoms with E-state index in [2.05, 4.69) is 22.0 Å². The van der Waals surface area contributed by atoms with E-state index in [-0.39, 0.29) is 5.56 Å². The average molecular weight is 341 g/mol. The van der Waals surface area contributed by atoms with Gasteiger partial charge in [-0.1, -0.05) is 12.1 Å². The van der Waals surface area contributed by atoms with Crippen molar-refractivity contribution in [1.82, 2.24) is 14.3 Å². The third-order valence-corrected chi connectivity index (χ3v) is 5.34. The molecule has 1 fully saturated rings.